The molecule has 1 heterocycles. The number of aromatic amines is 1. The molecule has 2 rings (SSSR count). The summed E-state index contributed by atoms with van der Waals surface area (Å²) in [5.41, 5.74) is 0.537. The number of methoxy groups -OCH3 is 1. The minimum atomic E-state index is -1.13. The van der Waals surface area contributed by atoms with Crippen LogP contribution in [0.15, 0.2) is 18.2 Å². The van der Waals surface area contributed by atoms with Crippen molar-refractivity contribution in [1.82, 2.24) is 10.2 Å². The second-order valence-electron chi connectivity index (χ2n) is 3.48. The highest BCUT2D eigenvalue weighted by molar-refractivity contribution is 6.32. The van der Waals surface area contributed by atoms with E-state index in [0.29, 0.717) is 16.3 Å². The van der Waals surface area contributed by atoms with E-state index in [-0.39, 0.29) is 17.1 Å². The number of halogens is 1. The average molecular weight is 269 g/mol. The summed E-state index contributed by atoms with van der Waals surface area (Å²) in [5, 5.41) is 25.0. The SMILES string of the molecule is COc1cc(O)c(-c2cc(C(=O)O)[nH]n2)cc1Cl. The Labute approximate surface area is 107 Å². The summed E-state index contributed by atoms with van der Waals surface area (Å²) in [6.45, 7) is 0. The highest BCUT2D eigenvalue weighted by Gasteiger charge is 2.15. The minimum Gasteiger partial charge on any atom is -0.507 e. The van der Waals surface area contributed by atoms with E-state index in [4.69, 9.17) is 21.4 Å². The largest absolute Gasteiger partial charge is 0.507 e. The molecule has 3 N–H and O–H groups in total. The molecule has 0 unspecified atom stereocenters. The van der Waals surface area contributed by atoms with E-state index in [1.807, 2.05) is 0 Å². The molecule has 0 aliphatic carbocycles. The number of ether oxygens (including phenoxy) is 1. The lowest BCUT2D eigenvalue weighted by atomic mass is 10.1. The van der Waals surface area contributed by atoms with Crippen molar-refractivity contribution >= 4 is 17.6 Å². The zero-order chi connectivity index (χ0) is 13.3. The molecule has 0 saturated heterocycles. The lowest BCUT2D eigenvalue weighted by molar-refractivity contribution is 0.0690. The van der Waals surface area contributed by atoms with Gasteiger partial charge in [-0.1, -0.05) is 11.6 Å². The van der Waals surface area contributed by atoms with E-state index in [9.17, 15) is 9.90 Å². The van der Waals surface area contributed by atoms with Gasteiger partial charge in [0.05, 0.1) is 17.8 Å². The first-order valence-electron chi connectivity index (χ1n) is 4.88. The van der Waals surface area contributed by atoms with E-state index in [1.54, 1.807) is 0 Å². The summed E-state index contributed by atoms with van der Waals surface area (Å²) in [5.74, 6) is -0.903. The third-order valence-corrected chi connectivity index (χ3v) is 2.65. The van der Waals surface area contributed by atoms with Gasteiger partial charge in [0.1, 0.15) is 17.2 Å². The molecule has 0 bridgehead atoms. The average Bonchev–Trinajstić information content (AvgIpc) is 2.81. The summed E-state index contributed by atoms with van der Waals surface area (Å²) in [6, 6.07) is 4.10. The molecular weight excluding hydrogens is 260 g/mol. The number of aromatic carboxylic acids is 1. The Hall–Kier alpha value is -2.21. The summed E-state index contributed by atoms with van der Waals surface area (Å²) in [7, 11) is 1.43. The minimum absolute atomic E-state index is 0.0728. The van der Waals surface area contributed by atoms with Gasteiger partial charge in [-0.25, -0.2) is 4.79 Å². The summed E-state index contributed by atoms with van der Waals surface area (Å²) >= 11 is 5.93. The topological polar surface area (TPSA) is 95.4 Å². The number of H-pyrrole nitrogens is 1. The van der Waals surface area contributed by atoms with Gasteiger partial charge in [-0.15, -0.1) is 0 Å². The second kappa shape index (κ2) is 4.58. The zero-order valence-corrected chi connectivity index (χ0v) is 10.0. The van der Waals surface area contributed by atoms with Crippen LogP contribution in [-0.2, 0) is 0 Å². The van der Waals surface area contributed by atoms with Crippen molar-refractivity contribution in [3.8, 4) is 22.8 Å². The maximum Gasteiger partial charge on any atom is 0.353 e. The van der Waals surface area contributed by atoms with Crippen LogP contribution in [0.25, 0.3) is 11.3 Å². The number of carboxylic acid groups (broad SMARTS) is 1. The van der Waals surface area contributed by atoms with Gasteiger partial charge in [-0.3, -0.25) is 5.10 Å². The molecule has 0 aliphatic heterocycles. The first kappa shape index (κ1) is 12.3. The van der Waals surface area contributed by atoms with Crippen LogP contribution in [0.1, 0.15) is 10.5 Å². The predicted molar refractivity (Wildman–Crippen MR) is 64.2 cm³/mol. The quantitative estimate of drug-likeness (QED) is 0.793. The van der Waals surface area contributed by atoms with Crippen molar-refractivity contribution in [2.75, 3.05) is 7.11 Å². The third kappa shape index (κ3) is 2.10. The molecule has 0 amide bonds. The van der Waals surface area contributed by atoms with Crippen LogP contribution < -0.4 is 4.74 Å². The lowest BCUT2D eigenvalue weighted by Crippen LogP contribution is -1.95. The van der Waals surface area contributed by atoms with Gasteiger partial charge in [-0.2, -0.15) is 5.10 Å². The fraction of sp³-hybridized carbons (Fsp3) is 0.0909. The smallest absolute Gasteiger partial charge is 0.353 e. The van der Waals surface area contributed by atoms with Crippen molar-refractivity contribution < 1.29 is 19.7 Å². The third-order valence-electron chi connectivity index (χ3n) is 2.35. The Morgan fingerprint density at radius 2 is 2.17 bits per heavy atom. The number of nitrogens with one attached hydrogen (secondary N) is 1. The second-order valence-corrected chi connectivity index (χ2v) is 3.88. The molecule has 1 aromatic heterocycles. The molecule has 0 atom stereocenters. The molecule has 0 radical (unpaired) electrons. The Kier molecular flexibility index (Phi) is 3.12. The normalized spacial score (nSPS) is 10.3. The van der Waals surface area contributed by atoms with E-state index >= 15 is 0 Å². The van der Waals surface area contributed by atoms with Gasteiger partial charge in [0.25, 0.3) is 0 Å². The fourth-order valence-electron chi connectivity index (χ4n) is 1.47. The Bertz CT molecular complexity index is 609. The monoisotopic (exact) mass is 268 g/mol. The van der Waals surface area contributed by atoms with Crippen LogP contribution in [0, 0.1) is 0 Å². The first-order valence-corrected chi connectivity index (χ1v) is 5.26. The number of carbonyl (C=O) groups is 1. The Morgan fingerprint density at radius 1 is 1.44 bits per heavy atom. The highest BCUT2D eigenvalue weighted by atomic mass is 35.5. The van der Waals surface area contributed by atoms with Gasteiger partial charge in [-0.05, 0) is 12.1 Å². The number of phenolic OH excluding ortho intramolecular Hbond substituents is 1. The summed E-state index contributed by atoms with van der Waals surface area (Å²) < 4.78 is 4.95. The maximum absolute atomic E-state index is 10.7. The van der Waals surface area contributed by atoms with Crippen LogP contribution in [0.4, 0.5) is 0 Å². The molecule has 7 heteroatoms. The van der Waals surface area contributed by atoms with E-state index in [0.717, 1.165) is 0 Å². The van der Waals surface area contributed by atoms with Crippen molar-refractivity contribution in [3.63, 3.8) is 0 Å². The molecule has 1 aromatic carbocycles. The van der Waals surface area contributed by atoms with Gasteiger partial charge < -0.3 is 14.9 Å². The van der Waals surface area contributed by atoms with Crippen molar-refractivity contribution in [2.24, 2.45) is 0 Å². The van der Waals surface area contributed by atoms with Gasteiger partial charge >= 0.3 is 5.97 Å². The van der Waals surface area contributed by atoms with Crippen molar-refractivity contribution in [3.05, 3.63) is 28.9 Å². The standard InChI is InChI=1S/C11H9ClN2O4/c1-18-10-4-9(15)5(2-6(10)12)7-3-8(11(16)17)14-13-7/h2-4,15H,1H3,(H,13,14)(H,16,17). The molecule has 18 heavy (non-hydrogen) atoms. The lowest BCUT2D eigenvalue weighted by Gasteiger charge is -2.06. The predicted octanol–water partition coefficient (Wildman–Crippen LogP) is 2.14. The molecule has 94 valence electrons. The van der Waals surface area contributed by atoms with Crippen LogP contribution in [0.2, 0.25) is 5.02 Å². The summed E-state index contributed by atoms with van der Waals surface area (Å²) in [4.78, 5) is 10.7. The molecule has 0 saturated carbocycles. The number of aromatic hydroxyl groups is 1. The van der Waals surface area contributed by atoms with E-state index < -0.39 is 5.97 Å². The maximum atomic E-state index is 10.7. The van der Waals surface area contributed by atoms with E-state index in [2.05, 4.69) is 10.2 Å². The first-order chi connectivity index (χ1) is 8.52. The number of nitrogens with zero attached hydrogens (tertiary/aromatic N) is 1. The highest BCUT2D eigenvalue weighted by Crippen LogP contribution is 2.37. The number of benzene rings is 1. The van der Waals surface area contributed by atoms with Gasteiger partial charge in [0.15, 0.2) is 0 Å². The van der Waals surface area contributed by atoms with Crippen LogP contribution in [-0.4, -0.2) is 33.5 Å². The molecule has 0 spiro atoms. The zero-order valence-electron chi connectivity index (χ0n) is 9.27. The van der Waals surface area contributed by atoms with Crippen LogP contribution in [0.3, 0.4) is 0 Å². The molecular formula is C11H9ClN2O4. The van der Waals surface area contributed by atoms with Gasteiger partial charge in [0.2, 0.25) is 0 Å². The van der Waals surface area contributed by atoms with Crippen LogP contribution in [0.5, 0.6) is 11.5 Å². The van der Waals surface area contributed by atoms with Gasteiger partial charge in [0, 0.05) is 11.6 Å². The number of rotatable bonds is 3. The number of aromatic nitrogens is 2. The molecule has 6 nitrogen and oxygen atoms in total. The Morgan fingerprint density at radius 3 is 2.72 bits per heavy atom. The van der Waals surface area contributed by atoms with Crippen molar-refractivity contribution in [1.29, 1.82) is 0 Å². The number of hydrogen-bond donors (Lipinski definition) is 3. The van der Waals surface area contributed by atoms with Crippen LogP contribution >= 0.6 is 11.6 Å². The number of carboxylic acids is 1. The Balaban J connectivity index is 2.50. The molecule has 2 aromatic rings. The van der Waals surface area contributed by atoms with Crippen molar-refractivity contribution in [2.45, 2.75) is 0 Å². The van der Waals surface area contributed by atoms with E-state index in [1.165, 1.54) is 25.3 Å². The fourth-order valence-corrected chi connectivity index (χ4v) is 1.71. The summed E-state index contributed by atoms with van der Waals surface area (Å²) in [6.07, 6.45) is 0. The number of hydrogen-bond acceptors (Lipinski definition) is 4. The number of phenols is 1. The molecule has 0 fully saturated rings. The molecule has 0 aliphatic rings.